The van der Waals surface area contributed by atoms with Crippen LogP contribution in [-0.4, -0.2) is 6.15 Å². The lowest BCUT2D eigenvalue weighted by molar-refractivity contribution is -0.668. The fraction of sp³-hybridized carbons (Fsp3) is 0.196. The van der Waals surface area contributed by atoms with Crippen LogP contribution in [0.25, 0.3) is 10.2 Å². The molecule has 396 valence electrons. The quantitative estimate of drug-likeness (QED) is 0.0888. The first-order valence-electron chi connectivity index (χ1n) is 20.1. The normalized spacial score (nSPS) is 13.5. The van der Waals surface area contributed by atoms with E-state index >= 15 is 0 Å². The summed E-state index contributed by atoms with van der Waals surface area (Å²) in [5, 5.41) is 0. The van der Waals surface area contributed by atoms with E-state index in [1.165, 1.54) is 19.7 Å². The van der Waals surface area contributed by atoms with Gasteiger partial charge in [-0.1, -0.05) is 102 Å². The molecule has 0 aliphatic carbocycles. The molecule has 0 radical (unpaired) electrons. The molecule has 0 amide bonds. The Kier molecular flexibility index (Phi) is 15.2. The van der Waals surface area contributed by atoms with Gasteiger partial charge in [0.1, 0.15) is 10.8 Å². The zero-order valence-corrected chi connectivity index (χ0v) is 38.1. The summed E-state index contributed by atoms with van der Waals surface area (Å²) in [6.07, 6.45) is -54.8. The third-order valence-electron chi connectivity index (χ3n) is 11.2. The number of alkyl halides is 24. The second-order valence-corrected chi connectivity index (χ2v) is 18.4. The van der Waals surface area contributed by atoms with Crippen molar-refractivity contribution >= 4 is 65.5 Å². The number of nitrogens with zero attached hydrogens (tertiary/aromatic N) is 1. The molecular formula is C46H23BBrF24NS. The van der Waals surface area contributed by atoms with E-state index in [-0.39, 0.29) is 0 Å². The van der Waals surface area contributed by atoms with Gasteiger partial charge < -0.3 is 0 Å². The zero-order chi connectivity index (χ0) is 55.6. The Labute approximate surface area is 411 Å². The summed E-state index contributed by atoms with van der Waals surface area (Å²) in [5.41, 5.74) is -27.6. The molecular weight excluding hydrogens is 1150 g/mol. The van der Waals surface area contributed by atoms with Crippen LogP contribution in [0.1, 0.15) is 50.1 Å². The van der Waals surface area contributed by atoms with Crippen LogP contribution in [0, 0.1) is 0 Å². The lowest BCUT2D eigenvalue weighted by Crippen LogP contribution is -2.75. The molecule has 0 bridgehead atoms. The maximum Gasteiger partial charge on any atom is 0.416 e. The lowest BCUT2D eigenvalue weighted by atomic mass is 9.12. The van der Waals surface area contributed by atoms with E-state index in [0.717, 1.165) is 6.54 Å². The number of fused-ring (bicyclic) bond motifs is 1. The molecule has 0 saturated carbocycles. The second kappa shape index (κ2) is 19.7. The first-order chi connectivity index (χ1) is 33.6. The van der Waals surface area contributed by atoms with Gasteiger partial charge in [0.25, 0.3) is 0 Å². The fourth-order valence-corrected chi connectivity index (χ4v) is 9.71. The van der Waals surface area contributed by atoms with Crippen molar-refractivity contribution in [3.63, 3.8) is 0 Å². The van der Waals surface area contributed by atoms with E-state index in [4.69, 9.17) is 0 Å². The van der Waals surface area contributed by atoms with Gasteiger partial charge in [-0.05, 0) is 30.3 Å². The van der Waals surface area contributed by atoms with E-state index < -0.39 is 195 Å². The average Bonchev–Trinajstić information content (AvgIpc) is 3.58. The number of hydrogen-bond acceptors (Lipinski definition) is 1. The maximum absolute atomic E-state index is 14.2. The van der Waals surface area contributed by atoms with Gasteiger partial charge in [0, 0.05) is 27.6 Å². The van der Waals surface area contributed by atoms with Crippen molar-refractivity contribution in [3.8, 4) is 0 Å². The van der Waals surface area contributed by atoms with Crippen LogP contribution in [0.2, 0.25) is 0 Å². The van der Waals surface area contributed by atoms with Crippen LogP contribution in [-0.2, 0) is 56.0 Å². The molecule has 1 aromatic heterocycles. The van der Waals surface area contributed by atoms with E-state index in [1.54, 1.807) is 11.3 Å². The van der Waals surface area contributed by atoms with Crippen molar-refractivity contribution in [2.75, 3.05) is 0 Å². The highest BCUT2D eigenvalue weighted by Gasteiger charge is 2.47. The molecule has 28 heteroatoms. The number of thiazole rings is 1. The number of halogens is 25. The van der Waals surface area contributed by atoms with Gasteiger partial charge in [-0.3, -0.25) is 0 Å². The van der Waals surface area contributed by atoms with Gasteiger partial charge in [0.2, 0.25) is 5.52 Å². The monoisotopic (exact) mass is 1170 g/mol. The van der Waals surface area contributed by atoms with Crippen LogP contribution in [0.3, 0.4) is 0 Å². The van der Waals surface area contributed by atoms with E-state index in [1.807, 2.05) is 0 Å². The van der Waals surface area contributed by atoms with Crippen molar-refractivity contribution in [1.82, 2.24) is 0 Å². The topological polar surface area (TPSA) is 3.88 Å². The predicted octanol–water partition coefficient (Wildman–Crippen LogP) is 15.2. The summed E-state index contributed by atoms with van der Waals surface area (Å²) < 4.78 is 346. The molecule has 0 aliphatic rings. The Morgan fingerprint density at radius 1 is 0.338 bits per heavy atom. The van der Waals surface area contributed by atoms with Crippen molar-refractivity contribution < 1.29 is 110 Å². The molecule has 1 nitrogen and oxygen atoms in total. The summed E-state index contributed by atoms with van der Waals surface area (Å²) in [6, 6.07) is 10.2. The third-order valence-corrected chi connectivity index (χ3v) is 13.1. The van der Waals surface area contributed by atoms with Gasteiger partial charge in [0.15, 0.2) is 6.54 Å². The predicted molar refractivity (Wildman–Crippen MR) is 225 cm³/mol. The van der Waals surface area contributed by atoms with Crippen LogP contribution in [0.4, 0.5) is 105 Å². The maximum atomic E-state index is 14.2. The Bertz CT molecular complexity index is 2720. The minimum absolute atomic E-state index is 0.691. The first-order valence-corrected chi connectivity index (χ1v) is 21.7. The molecule has 0 unspecified atom stereocenters. The molecule has 0 spiro atoms. The molecule has 1 heterocycles. The molecule has 7 aromatic rings. The molecule has 0 N–H and O–H groups in total. The van der Waals surface area contributed by atoms with Gasteiger partial charge in [-0.15, -0.1) is 0 Å². The summed E-state index contributed by atoms with van der Waals surface area (Å²) in [7, 11) is 0. The first kappa shape index (κ1) is 57.4. The number of para-hydroxylation sites is 1. The van der Waals surface area contributed by atoms with Crippen molar-refractivity contribution in [2.24, 2.45) is 0 Å². The van der Waals surface area contributed by atoms with E-state index in [0.29, 0.717) is 0 Å². The lowest BCUT2D eigenvalue weighted by Gasteiger charge is -2.46. The second-order valence-electron chi connectivity index (χ2n) is 16.1. The van der Waals surface area contributed by atoms with E-state index in [2.05, 4.69) is 75.1 Å². The third kappa shape index (κ3) is 12.6. The van der Waals surface area contributed by atoms with E-state index in [9.17, 15) is 105 Å². The van der Waals surface area contributed by atoms with Gasteiger partial charge in [-0.25, -0.2) is 0 Å². The van der Waals surface area contributed by atoms with Crippen LogP contribution in [0.15, 0.2) is 131 Å². The minimum Gasteiger partial charge on any atom is -0.194 e. The number of rotatable bonds is 6. The summed E-state index contributed by atoms with van der Waals surface area (Å²) in [4.78, 5) is 0. The molecule has 7 rings (SSSR count). The summed E-state index contributed by atoms with van der Waals surface area (Å²) in [5.74, 6) is 0. The summed E-state index contributed by atoms with van der Waals surface area (Å²) >= 11 is 5.43. The SMILES string of the molecule is Brc1sc2ccccc2[n+]1Cc1ccccc1.FC(F)(F)c1cc([B-](c2cc(C(F)(F)F)cc(C(F)(F)F)c2)(c2cc(C(F)(F)F)cc(C(F)(F)F)c2)c2cc(C(F)(F)F)cc(C(F)(F)F)c2)cc(C(F)(F)F)c1. The van der Waals surface area contributed by atoms with Crippen LogP contribution in [0.5, 0.6) is 0 Å². The number of hydrogen-bond donors (Lipinski definition) is 0. The molecule has 0 atom stereocenters. The highest BCUT2D eigenvalue weighted by molar-refractivity contribution is 9.11. The van der Waals surface area contributed by atoms with Crippen LogP contribution >= 0.6 is 27.3 Å². The minimum atomic E-state index is -6.13. The highest BCUT2D eigenvalue weighted by atomic mass is 79.9. The van der Waals surface area contributed by atoms with Crippen LogP contribution < -0.4 is 26.4 Å². The van der Waals surface area contributed by atoms with Gasteiger partial charge in [0.05, 0.1) is 44.5 Å². The Morgan fingerprint density at radius 2 is 0.581 bits per heavy atom. The van der Waals surface area contributed by atoms with Gasteiger partial charge in [-0.2, -0.15) is 132 Å². The zero-order valence-electron chi connectivity index (χ0n) is 35.7. The Hall–Kier alpha value is -5.93. The Morgan fingerprint density at radius 3 is 0.838 bits per heavy atom. The summed E-state index contributed by atoms with van der Waals surface area (Å²) in [6.45, 7) is 0.908. The molecule has 0 fully saturated rings. The molecule has 74 heavy (non-hydrogen) atoms. The fourth-order valence-electron chi connectivity index (χ4n) is 7.99. The molecule has 6 aromatic carbocycles. The van der Waals surface area contributed by atoms with Gasteiger partial charge >= 0.3 is 53.3 Å². The number of aromatic nitrogens is 1. The highest BCUT2D eigenvalue weighted by Crippen LogP contribution is 2.41. The molecule has 0 aliphatic heterocycles. The smallest absolute Gasteiger partial charge is 0.194 e. The van der Waals surface area contributed by atoms with Crippen molar-refractivity contribution in [2.45, 2.75) is 56.0 Å². The Balaban J connectivity index is 0.000000436. The molecule has 0 saturated heterocycles. The number of benzene rings is 6. The largest absolute Gasteiger partial charge is 0.416 e. The average molecular weight is 1170 g/mol. The van der Waals surface area contributed by atoms with Crippen molar-refractivity contribution in [3.05, 3.63) is 181 Å². The van der Waals surface area contributed by atoms with Crippen molar-refractivity contribution in [1.29, 1.82) is 0 Å². The standard InChI is InChI=1S/C32H12BF24.C14H11BrNS/c34-25(35,36)13-1-14(26(37,38)39)6-21(5-13)33(22-7-15(27(40,41)42)2-16(8-22)28(43,44)45,23-9-17(29(46,47)48)3-18(10-23)30(49,50)51)24-11-19(31(52,53)54)4-20(12-24)32(55,56)57;15-14-16(10-11-6-2-1-3-7-11)12-8-4-5-9-13(12)17-14/h1-12H;1-9H,10H2/q-1;+1.